The van der Waals surface area contributed by atoms with Crippen LogP contribution >= 0.6 is 0 Å². The number of hydrogen-bond acceptors (Lipinski definition) is 2. The standard InChI is InChI=1S/C16H21NO2/c1-11-4-6-14(7-5-11)15(18)16(19)17-9-12(2)8-13(3)10-17/h4-7,12-13H,8-10H2,1-3H3. The summed E-state index contributed by atoms with van der Waals surface area (Å²) in [4.78, 5) is 26.1. The molecule has 1 aliphatic heterocycles. The number of piperidine rings is 1. The van der Waals surface area contributed by atoms with Crippen molar-refractivity contribution in [3.05, 3.63) is 35.4 Å². The number of amides is 1. The molecule has 0 aromatic heterocycles. The smallest absolute Gasteiger partial charge is 0.294 e. The number of likely N-dealkylation sites (tertiary alicyclic amines) is 1. The molecule has 0 radical (unpaired) electrons. The van der Waals surface area contributed by atoms with Crippen molar-refractivity contribution in [1.82, 2.24) is 4.90 Å². The Hall–Kier alpha value is -1.64. The summed E-state index contributed by atoms with van der Waals surface area (Å²) in [5.74, 6) is 0.195. The number of carbonyl (C=O) groups is 2. The Morgan fingerprint density at radius 1 is 1.05 bits per heavy atom. The van der Waals surface area contributed by atoms with E-state index in [4.69, 9.17) is 0 Å². The molecule has 1 fully saturated rings. The predicted octanol–water partition coefficient (Wildman–Crippen LogP) is 2.68. The Kier molecular flexibility index (Phi) is 4.03. The van der Waals surface area contributed by atoms with Gasteiger partial charge < -0.3 is 4.90 Å². The van der Waals surface area contributed by atoms with Crippen molar-refractivity contribution in [2.75, 3.05) is 13.1 Å². The van der Waals surface area contributed by atoms with Gasteiger partial charge in [-0.25, -0.2) is 0 Å². The zero-order chi connectivity index (χ0) is 14.0. The van der Waals surface area contributed by atoms with E-state index in [9.17, 15) is 9.59 Å². The van der Waals surface area contributed by atoms with Crippen molar-refractivity contribution in [1.29, 1.82) is 0 Å². The average Bonchev–Trinajstić information content (AvgIpc) is 2.37. The van der Waals surface area contributed by atoms with E-state index < -0.39 is 0 Å². The molecule has 0 N–H and O–H groups in total. The van der Waals surface area contributed by atoms with E-state index in [0.717, 1.165) is 12.0 Å². The van der Waals surface area contributed by atoms with E-state index in [0.29, 0.717) is 30.5 Å². The second-order valence-corrected chi connectivity index (χ2v) is 5.85. The zero-order valence-electron chi connectivity index (χ0n) is 11.8. The monoisotopic (exact) mass is 259 g/mol. The molecule has 0 bridgehead atoms. The Labute approximate surface area is 114 Å². The summed E-state index contributed by atoms with van der Waals surface area (Å²) in [7, 11) is 0. The van der Waals surface area contributed by atoms with E-state index >= 15 is 0 Å². The lowest BCUT2D eigenvalue weighted by atomic mass is 9.91. The van der Waals surface area contributed by atoms with Crippen LogP contribution in [-0.4, -0.2) is 29.7 Å². The molecule has 0 aliphatic carbocycles. The first-order chi connectivity index (χ1) is 8.97. The van der Waals surface area contributed by atoms with Gasteiger partial charge in [-0.2, -0.15) is 0 Å². The third-order valence-electron chi connectivity index (χ3n) is 3.66. The number of hydrogen-bond donors (Lipinski definition) is 0. The van der Waals surface area contributed by atoms with Crippen LogP contribution in [0, 0.1) is 18.8 Å². The fourth-order valence-corrected chi connectivity index (χ4v) is 2.80. The molecular formula is C16H21NO2. The topological polar surface area (TPSA) is 37.4 Å². The van der Waals surface area contributed by atoms with Crippen molar-refractivity contribution in [2.45, 2.75) is 27.2 Å². The highest BCUT2D eigenvalue weighted by atomic mass is 16.2. The lowest BCUT2D eigenvalue weighted by Crippen LogP contribution is -2.45. The number of aryl methyl sites for hydroxylation is 1. The second-order valence-electron chi connectivity index (χ2n) is 5.85. The molecule has 19 heavy (non-hydrogen) atoms. The summed E-state index contributed by atoms with van der Waals surface area (Å²) in [5.41, 5.74) is 1.57. The van der Waals surface area contributed by atoms with Gasteiger partial charge in [0.15, 0.2) is 0 Å². The van der Waals surface area contributed by atoms with Gasteiger partial charge >= 0.3 is 0 Å². The molecule has 0 spiro atoms. The maximum Gasteiger partial charge on any atom is 0.294 e. The van der Waals surface area contributed by atoms with Gasteiger partial charge in [-0.1, -0.05) is 43.7 Å². The number of rotatable bonds is 2. The molecule has 0 saturated carbocycles. The Balaban J connectivity index is 2.10. The normalized spacial score (nSPS) is 23.2. The van der Waals surface area contributed by atoms with Crippen LogP contribution in [-0.2, 0) is 4.79 Å². The third-order valence-corrected chi connectivity index (χ3v) is 3.66. The Morgan fingerprint density at radius 2 is 1.58 bits per heavy atom. The minimum Gasteiger partial charge on any atom is -0.335 e. The Bertz CT molecular complexity index is 468. The minimum absolute atomic E-state index is 0.359. The summed E-state index contributed by atoms with van der Waals surface area (Å²) in [6.45, 7) is 7.62. The van der Waals surface area contributed by atoms with Gasteiger partial charge in [0.25, 0.3) is 5.91 Å². The molecule has 1 aromatic carbocycles. The summed E-state index contributed by atoms with van der Waals surface area (Å²) >= 11 is 0. The van der Waals surface area contributed by atoms with Crippen molar-refractivity contribution < 1.29 is 9.59 Å². The maximum absolute atomic E-state index is 12.3. The van der Waals surface area contributed by atoms with Crippen LogP contribution in [0.3, 0.4) is 0 Å². The molecular weight excluding hydrogens is 238 g/mol. The van der Waals surface area contributed by atoms with Crippen molar-refractivity contribution in [2.24, 2.45) is 11.8 Å². The molecule has 102 valence electrons. The van der Waals surface area contributed by atoms with Gasteiger partial charge in [0.05, 0.1) is 0 Å². The van der Waals surface area contributed by atoms with Crippen LogP contribution < -0.4 is 0 Å². The van der Waals surface area contributed by atoms with Crippen LogP contribution in [0.25, 0.3) is 0 Å². The van der Waals surface area contributed by atoms with Gasteiger partial charge in [0.1, 0.15) is 0 Å². The highest BCUT2D eigenvalue weighted by Gasteiger charge is 2.29. The molecule has 2 unspecified atom stereocenters. The van der Waals surface area contributed by atoms with Crippen LogP contribution in [0.2, 0.25) is 0 Å². The van der Waals surface area contributed by atoms with Crippen molar-refractivity contribution in [3.63, 3.8) is 0 Å². The van der Waals surface area contributed by atoms with E-state index in [-0.39, 0.29) is 11.7 Å². The molecule has 2 rings (SSSR count). The predicted molar refractivity (Wildman–Crippen MR) is 75.0 cm³/mol. The fourth-order valence-electron chi connectivity index (χ4n) is 2.80. The number of Topliss-reactive ketones (excluding diaryl/α,β-unsaturated/α-hetero) is 1. The highest BCUT2D eigenvalue weighted by molar-refractivity contribution is 6.42. The third kappa shape index (κ3) is 3.22. The van der Waals surface area contributed by atoms with E-state index in [1.54, 1.807) is 17.0 Å². The summed E-state index contributed by atoms with van der Waals surface area (Å²) in [5, 5.41) is 0. The van der Waals surface area contributed by atoms with E-state index in [2.05, 4.69) is 13.8 Å². The first-order valence-corrected chi connectivity index (χ1v) is 6.87. The second kappa shape index (κ2) is 5.55. The summed E-state index contributed by atoms with van der Waals surface area (Å²) < 4.78 is 0. The lowest BCUT2D eigenvalue weighted by Gasteiger charge is -2.34. The fraction of sp³-hybridized carbons (Fsp3) is 0.500. The van der Waals surface area contributed by atoms with Gasteiger partial charge in [-0.3, -0.25) is 9.59 Å². The van der Waals surface area contributed by atoms with E-state index in [1.165, 1.54) is 0 Å². The van der Waals surface area contributed by atoms with Crippen LogP contribution in [0.4, 0.5) is 0 Å². The molecule has 1 saturated heterocycles. The van der Waals surface area contributed by atoms with E-state index in [1.807, 2.05) is 19.1 Å². The van der Waals surface area contributed by atoms with Gasteiger partial charge in [-0.05, 0) is 25.2 Å². The molecule has 1 aromatic rings. The minimum atomic E-state index is -0.388. The number of ketones is 1. The molecule has 1 amide bonds. The number of carbonyl (C=O) groups excluding carboxylic acids is 2. The number of benzene rings is 1. The van der Waals surface area contributed by atoms with Crippen LogP contribution in [0.5, 0.6) is 0 Å². The summed E-state index contributed by atoms with van der Waals surface area (Å²) in [6, 6.07) is 7.18. The SMILES string of the molecule is Cc1ccc(C(=O)C(=O)N2CC(C)CC(C)C2)cc1. The van der Waals surface area contributed by atoms with Gasteiger partial charge in [0, 0.05) is 18.7 Å². The number of nitrogens with zero attached hydrogens (tertiary/aromatic N) is 1. The quantitative estimate of drug-likeness (QED) is 0.605. The van der Waals surface area contributed by atoms with Gasteiger partial charge in [0.2, 0.25) is 5.78 Å². The maximum atomic E-state index is 12.3. The largest absolute Gasteiger partial charge is 0.335 e. The summed E-state index contributed by atoms with van der Waals surface area (Å²) in [6.07, 6.45) is 1.13. The lowest BCUT2D eigenvalue weighted by molar-refractivity contribution is -0.129. The van der Waals surface area contributed by atoms with Gasteiger partial charge in [-0.15, -0.1) is 0 Å². The molecule has 3 nitrogen and oxygen atoms in total. The first kappa shape index (κ1) is 13.8. The first-order valence-electron chi connectivity index (χ1n) is 6.87. The molecule has 1 heterocycles. The molecule has 1 aliphatic rings. The molecule has 2 atom stereocenters. The zero-order valence-corrected chi connectivity index (χ0v) is 11.8. The van der Waals surface area contributed by atoms with Crippen LogP contribution in [0.15, 0.2) is 24.3 Å². The highest BCUT2D eigenvalue weighted by Crippen LogP contribution is 2.21. The van der Waals surface area contributed by atoms with Crippen molar-refractivity contribution in [3.8, 4) is 0 Å². The van der Waals surface area contributed by atoms with Crippen molar-refractivity contribution >= 4 is 11.7 Å². The average molecular weight is 259 g/mol. The Morgan fingerprint density at radius 3 is 2.11 bits per heavy atom. The molecule has 3 heteroatoms. The van der Waals surface area contributed by atoms with Crippen LogP contribution in [0.1, 0.15) is 36.2 Å².